The minimum absolute atomic E-state index is 0.0796. The molecule has 1 unspecified atom stereocenters. The van der Waals surface area contributed by atoms with Crippen LogP contribution in [0.1, 0.15) is 39.7 Å². The first kappa shape index (κ1) is 16.1. The first-order valence-electron chi connectivity index (χ1n) is 7.03. The minimum atomic E-state index is -0.371. The number of rotatable bonds is 7. The second-order valence-corrected chi connectivity index (χ2v) is 5.90. The molecule has 1 rings (SSSR count). The summed E-state index contributed by atoms with van der Waals surface area (Å²) < 4.78 is 27.0. The Kier molecular flexibility index (Phi) is 5.92. The van der Waals surface area contributed by atoms with Gasteiger partial charge in [-0.3, -0.25) is 0 Å². The van der Waals surface area contributed by atoms with Gasteiger partial charge in [0.1, 0.15) is 11.6 Å². The molecule has 0 saturated carbocycles. The van der Waals surface area contributed by atoms with Crippen molar-refractivity contribution in [1.82, 2.24) is 5.32 Å². The second kappa shape index (κ2) is 6.99. The Balaban J connectivity index is 2.85. The Labute approximate surface area is 115 Å². The molecule has 0 aromatic heterocycles. The van der Waals surface area contributed by atoms with Gasteiger partial charge in [-0.15, -0.1) is 0 Å². The van der Waals surface area contributed by atoms with Crippen LogP contribution in [0.4, 0.5) is 8.78 Å². The van der Waals surface area contributed by atoms with Crippen LogP contribution in [0.25, 0.3) is 0 Å². The zero-order valence-electron chi connectivity index (χ0n) is 12.4. The fourth-order valence-electron chi connectivity index (χ4n) is 2.14. The molecule has 1 N–H and O–H groups in total. The van der Waals surface area contributed by atoms with Crippen LogP contribution < -0.4 is 5.32 Å². The molecule has 0 aliphatic rings. The summed E-state index contributed by atoms with van der Waals surface area (Å²) in [7, 11) is 0. The summed E-state index contributed by atoms with van der Waals surface area (Å²) in [5, 5.41) is 3.40. The van der Waals surface area contributed by atoms with Crippen molar-refractivity contribution < 1.29 is 8.78 Å². The van der Waals surface area contributed by atoms with Gasteiger partial charge in [-0.2, -0.15) is 0 Å². The number of hydrogen-bond acceptors (Lipinski definition) is 1. The summed E-state index contributed by atoms with van der Waals surface area (Å²) in [5.41, 5.74) is 0.388. The Morgan fingerprint density at radius 1 is 1.26 bits per heavy atom. The maximum Gasteiger partial charge on any atom is 0.126 e. The lowest BCUT2D eigenvalue weighted by atomic mass is 9.74. The van der Waals surface area contributed by atoms with Crippen molar-refractivity contribution in [3.05, 3.63) is 35.4 Å². The van der Waals surface area contributed by atoms with E-state index in [0.29, 0.717) is 17.9 Å². The lowest BCUT2D eigenvalue weighted by Gasteiger charge is -2.34. The van der Waals surface area contributed by atoms with Crippen molar-refractivity contribution in [2.24, 2.45) is 11.3 Å². The lowest BCUT2D eigenvalue weighted by Crippen LogP contribution is -2.38. The van der Waals surface area contributed by atoms with Gasteiger partial charge in [0, 0.05) is 6.54 Å². The average Bonchev–Trinajstić information content (AvgIpc) is 2.34. The number of hydrogen-bond donors (Lipinski definition) is 1. The molecule has 0 amide bonds. The molecule has 0 heterocycles. The van der Waals surface area contributed by atoms with Gasteiger partial charge >= 0.3 is 0 Å². The molecule has 0 aliphatic carbocycles. The molecule has 0 fully saturated rings. The summed E-state index contributed by atoms with van der Waals surface area (Å²) in [6.45, 7) is 10.3. The highest BCUT2D eigenvalue weighted by Crippen LogP contribution is 2.31. The Morgan fingerprint density at radius 2 is 1.95 bits per heavy atom. The molecular formula is C16H25F2N. The van der Waals surface area contributed by atoms with E-state index in [-0.39, 0.29) is 17.0 Å². The number of benzene rings is 1. The molecule has 0 saturated heterocycles. The first-order valence-corrected chi connectivity index (χ1v) is 7.03. The van der Waals surface area contributed by atoms with Crippen LogP contribution in [0, 0.1) is 23.0 Å². The average molecular weight is 269 g/mol. The van der Waals surface area contributed by atoms with Crippen LogP contribution in [-0.2, 0) is 6.42 Å². The zero-order valence-corrected chi connectivity index (χ0v) is 12.4. The molecule has 0 aliphatic heterocycles. The van der Waals surface area contributed by atoms with E-state index in [4.69, 9.17) is 0 Å². The van der Waals surface area contributed by atoms with Crippen LogP contribution in [-0.4, -0.2) is 13.1 Å². The third-order valence-electron chi connectivity index (χ3n) is 3.95. The second-order valence-electron chi connectivity index (χ2n) is 5.90. The smallest absolute Gasteiger partial charge is 0.126 e. The maximum atomic E-state index is 13.8. The molecule has 108 valence electrons. The van der Waals surface area contributed by atoms with Gasteiger partial charge < -0.3 is 5.32 Å². The molecule has 1 nitrogen and oxygen atoms in total. The van der Waals surface area contributed by atoms with Gasteiger partial charge in [-0.1, -0.05) is 27.7 Å². The predicted octanol–water partition coefficient (Wildman–Crippen LogP) is 4.17. The molecule has 1 aromatic rings. The third kappa shape index (κ3) is 4.57. The molecule has 1 atom stereocenters. The molecule has 19 heavy (non-hydrogen) atoms. The zero-order chi connectivity index (χ0) is 14.5. The minimum Gasteiger partial charge on any atom is -0.316 e. The third-order valence-corrected chi connectivity index (χ3v) is 3.95. The van der Waals surface area contributed by atoms with Crippen LogP contribution in [0.3, 0.4) is 0 Å². The van der Waals surface area contributed by atoms with Gasteiger partial charge in [-0.05, 0) is 54.5 Å². The van der Waals surface area contributed by atoms with Crippen molar-refractivity contribution in [3.63, 3.8) is 0 Å². The van der Waals surface area contributed by atoms with Gasteiger partial charge in [0.2, 0.25) is 0 Å². The summed E-state index contributed by atoms with van der Waals surface area (Å²) >= 11 is 0. The van der Waals surface area contributed by atoms with Crippen molar-refractivity contribution in [1.29, 1.82) is 0 Å². The highest BCUT2D eigenvalue weighted by atomic mass is 19.1. The fourth-order valence-corrected chi connectivity index (χ4v) is 2.14. The van der Waals surface area contributed by atoms with E-state index in [2.05, 4.69) is 33.0 Å². The Bertz CT molecular complexity index is 404. The maximum absolute atomic E-state index is 13.8. The van der Waals surface area contributed by atoms with Gasteiger partial charge in [-0.25, -0.2) is 8.78 Å². The summed E-state index contributed by atoms with van der Waals surface area (Å²) in [6, 6.07) is 3.70. The van der Waals surface area contributed by atoms with E-state index in [1.807, 2.05) is 0 Å². The van der Waals surface area contributed by atoms with Crippen LogP contribution in [0.2, 0.25) is 0 Å². The van der Waals surface area contributed by atoms with Crippen molar-refractivity contribution in [2.45, 2.75) is 40.5 Å². The largest absolute Gasteiger partial charge is 0.316 e. The normalized spacial score (nSPS) is 14.7. The Hall–Kier alpha value is -0.960. The standard InChI is InChI=1S/C16H25F2N/c1-5-8-19-11-16(4,12(2)3)10-13-9-14(17)6-7-15(13)18/h6-7,9,12,19H,5,8,10-11H2,1-4H3. The van der Waals surface area contributed by atoms with Gasteiger partial charge in [0.15, 0.2) is 0 Å². The summed E-state index contributed by atoms with van der Waals surface area (Å²) in [6.07, 6.45) is 1.62. The van der Waals surface area contributed by atoms with E-state index < -0.39 is 0 Å². The summed E-state index contributed by atoms with van der Waals surface area (Å²) in [4.78, 5) is 0. The van der Waals surface area contributed by atoms with Crippen molar-refractivity contribution in [3.8, 4) is 0 Å². The molecule has 1 aromatic carbocycles. The predicted molar refractivity (Wildman–Crippen MR) is 76.2 cm³/mol. The highest BCUT2D eigenvalue weighted by Gasteiger charge is 2.29. The van der Waals surface area contributed by atoms with E-state index in [1.165, 1.54) is 18.2 Å². The van der Waals surface area contributed by atoms with E-state index in [0.717, 1.165) is 19.5 Å². The topological polar surface area (TPSA) is 12.0 Å². The highest BCUT2D eigenvalue weighted by molar-refractivity contribution is 5.20. The van der Waals surface area contributed by atoms with Crippen LogP contribution in [0.5, 0.6) is 0 Å². The van der Waals surface area contributed by atoms with Crippen LogP contribution >= 0.6 is 0 Å². The number of nitrogens with one attached hydrogen (secondary N) is 1. The first-order chi connectivity index (χ1) is 8.89. The molecular weight excluding hydrogens is 244 g/mol. The monoisotopic (exact) mass is 269 g/mol. The van der Waals surface area contributed by atoms with Crippen molar-refractivity contribution >= 4 is 0 Å². The van der Waals surface area contributed by atoms with Crippen molar-refractivity contribution in [2.75, 3.05) is 13.1 Å². The van der Waals surface area contributed by atoms with Crippen LogP contribution in [0.15, 0.2) is 18.2 Å². The quantitative estimate of drug-likeness (QED) is 0.733. The SMILES string of the molecule is CCCNCC(C)(Cc1cc(F)ccc1F)C(C)C. The molecule has 0 radical (unpaired) electrons. The fraction of sp³-hybridized carbons (Fsp3) is 0.625. The lowest BCUT2D eigenvalue weighted by molar-refractivity contribution is 0.205. The number of halogens is 2. The van der Waals surface area contributed by atoms with Gasteiger partial charge in [0.05, 0.1) is 0 Å². The molecule has 0 spiro atoms. The molecule has 0 bridgehead atoms. The van der Waals surface area contributed by atoms with E-state index >= 15 is 0 Å². The summed E-state index contributed by atoms with van der Waals surface area (Å²) in [5.74, 6) is -0.299. The Morgan fingerprint density at radius 3 is 2.53 bits per heavy atom. The van der Waals surface area contributed by atoms with E-state index in [9.17, 15) is 8.78 Å². The van der Waals surface area contributed by atoms with E-state index in [1.54, 1.807) is 0 Å². The molecule has 3 heteroatoms. The van der Waals surface area contributed by atoms with Gasteiger partial charge in [0.25, 0.3) is 0 Å².